The van der Waals surface area contributed by atoms with Crippen LogP contribution >= 0.6 is 27.3 Å². The van der Waals surface area contributed by atoms with Gasteiger partial charge in [-0.2, -0.15) is 0 Å². The number of thiophene rings is 1. The number of nitro benzene ring substituents is 1. The van der Waals surface area contributed by atoms with Gasteiger partial charge in [0.05, 0.1) is 11.0 Å². The van der Waals surface area contributed by atoms with Crippen molar-refractivity contribution >= 4 is 50.5 Å². The Kier molecular flexibility index (Phi) is 5.16. The monoisotopic (exact) mass is 471 g/mol. The van der Waals surface area contributed by atoms with Crippen LogP contribution in [-0.2, 0) is 4.79 Å². The number of fused-ring (bicyclic) bond motifs is 1. The van der Waals surface area contributed by atoms with E-state index in [4.69, 9.17) is 0 Å². The van der Waals surface area contributed by atoms with Gasteiger partial charge in [-0.15, -0.1) is 11.3 Å². The highest BCUT2D eigenvalue weighted by Crippen LogP contribution is 2.39. The normalized spacial score (nSPS) is 16.0. The fourth-order valence-corrected chi connectivity index (χ4v) is 4.54. The molecule has 4 rings (SSSR count). The van der Waals surface area contributed by atoms with Crippen molar-refractivity contribution < 1.29 is 14.5 Å². The van der Waals surface area contributed by atoms with Gasteiger partial charge in [-0.3, -0.25) is 19.7 Å². The zero-order valence-corrected chi connectivity index (χ0v) is 17.3. The van der Waals surface area contributed by atoms with Gasteiger partial charge in [-0.05, 0) is 41.8 Å². The van der Waals surface area contributed by atoms with Gasteiger partial charge in [0.2, 0.25) is 5.91 Å². The number of rotatable bonds is 3. The summed E-state index contributed by atoms with van der Waals surface area (Å²) in [7, 11) is 0. The van der Waals surface area contributed by atoms with Crippen molar-refractivity contribution in [3.05, 3.63) is 90.6 Å². The first-order valence-electron chi connectivity index (χ1n) is 8.62. The molecule has 2 amide bonds. The minimum atomic E-state index is -0.518. The zero-order valence-electron chi connectivity index (χ0n) is 14.9. The van der Waals surface area contributed by atoms with E-state index >= 15 is 0 Å². The van der Waals surface area contributed by atoms with Crippen LogP contribution in [0.2, 0.25) is 0 Å². The number of nitrogens with one attached hydrogen (secondary N) is 1. The Morgan fingerprint density at radius 3 is 2.62 bits per heavy atom. The van der Waals surface area contributed by atoms with Gasteiger partial charge in [-0.1, -0.05) is 22.0 Å². The summed E-state index contributed by atoms with van der Waals surface area (Å²) in [6.07, 6.45) is 0. The maximum absolute atomic E-state index is 13.3. The molecule has 7 nitrogen and oxygen atoms in total. The van der Waals surface area contributed by atoms with E-state index in [-0.39, 0.29) is 29.6 Å². The number of carbonyl (C=O) groups excluding carboxylic acids is 2. The van der Waals surface area contributed by atoms with Crippen LogP contribution in [0.15, 0.2) is 64.5 Å². The number of hydrogen-bond donors (Lipinski definition) is 1. The summed E-state index contributed by atoms with van der Waals surface area (Å²) < 4.78 is 0.830. The molecule has 1 aromatic heterocycles. The summed E-state index contributed by atoms with van der Waals surface area (Å²) in [6.45, 7) is -0.134. The Labute approximate surface area is 178 Å². The van der Waals surface area contributed by atoms with E-state index in [0.717, 1.165) is 14.9 Å². The van der Waals surface area contributed by atoms with Gasteiger partial charge >= 0.3 is 0 Å². The minimum Gasteiger partial charge on any atom is -0.324 e. The van der Waals surface area contributed by atoms with E-state index in [1.165, 1.54) is 40.5 Å². The molecule has 0 bridgehead atoms. The third-order valence-corrected chi connectivity index (χ3v) is 6.02. The molecule has 0 radical (unpaired) electrons. The number of hydrogen-bond acceptors (Lipinski definition) is 5. The third kappa shape index (κ3) is 3.79. The molecule has 1 aliphatic heterocycles. The predicted octanol–water partition coefficient (Wildman–Crippen LogP) is 4.60. The largest absolute Gasteiger partial charge is 0.324 e. The predicted molar refractivity (Wildman–Crippen MR) is 113 cm³/mol. The van der Waals surface area contributed by atoms with Gasteiger partial charge in [0, 0.05) is 38.3 Å². The van der Waals surface area contributed by atoms with Crippen LogP contribution in [-0.4, -0.2) is 28.2 Å². The lowest BCUT2D eigenvalue weighted by Gasteiger charge is -2.29. The minimum absolute atomic E-state index is 0.0979. The molecule has 0 saturated heterocycles. The topological polar surface area (TPSA) is 92.5 Å². The third-order valence-electron chi connectivity index (χ3n) is 4.61. The molecule has 1 unspecified atom stereocenters. The number of carbonyl (C=O) groups is 2. The Bertz CT molecular complexity index is 1100. The van der Waals surface area contributed by atoms with E-state index in [1.807, 2.05) is 29.6 Å². The smallest absolute Gasteiger partial charge is 0.269 e. The van der Waals surface area contributed by atoms with Crippen LogP contribution in [0.1, 0.15) is 26.8 Å². The lowest BCUT2D eigenvalue weighted by Crippen LogP contribution is -2.38. The molecule has 0 fully saturated rings. The standard InChI is InChI=1S/C20H14BrN3O4S/c21-13-5-8-16-15(10-13)19(17-2-1-9-29-17)23(11-18(25)22-16)20(26)12-3-6-14(7-4-12)24(27)28/h1-10,19H,11H2,(H,22,25). The SMILES string of the molecule is O=C1CN(C(=O)c2ccc([N+](=O)[O-])cc2)C(c2cccs2)c2cc(Br)ccc2N1. The molecule has 9 heteroatoms. The number of halogens is 1. The molecule has 146 valence electrons. The van der Waals surface area contributed by atoms with Crippen LogP contribution in [0.3, 0.4) is 0 Å². The van der Waals surface area contributed by atoms with Gasteiger partial charge in [-0.25, -0.2) is 0 Å². The van der Waals surface area contributed by atoms with Gasteiger partial charge < -0.3 is 10.2 Å². The molecule has 0 spiro atoms. The van der Waals surface area contributed by atoms with E-state index in [2.05, 4.69) is 21.2 Å². The first-order valence-corrected chi connectivity index (χ1v) is 10.3. The van der Waals surface area contributed by atoms with E-state index in [1.54, 1.807) is 6.07 Å². The van der Waals surface area contributed by atoms with Crippen molar-refractivity contribution in [3.63, 3.8) is 0 Å². The Balaban J connectivity index is 1.82. The molecular weight excluding hydrogens is 458 g/mol. The second-order valence-electron chi connectivity index (χ2n) is 6.43. The average molecular weight is 472 g/mol. The Morgan fingerprint density at radius 2 is 1.97 bits per heavy atom. The van der Waals surface area contributed by atoms with Crippen LogP contribution in [0.4, 0.5) is 11.4 Å². The van der Waals surface area contributed by atoms with Gasteiger partial charge in [0.15, 0.2) is 0 Å². The lowest BCUT2D eigenvalue weighted by atomic mass is 10.0. The molecule has 2 heterocycles. The van der Waals surface area contributed by atoms with Gasteiger partial charge in [0.1, 0.15) is 6.54 Å². The number of amides is 2. The van der Waals surface area contributed by atoms with Crippen molar-refractivity contribution in [1.29, 1.82) is 0 Å². The average Bonchev–Trinajstić information content (AvgIpc) is 3.18. The maximum atomic E-state index is 13.3. The summed E-state index contributed by atoms with van der Waals surface area (Å²) in [5, 5.41) is 15.7. The highest BCUT2D eigenvalue weighted by atomic mass is 79.9. The van der Waals surface area contributed by atoms with Crippen LogP contribution in [0.25, 0.3) is 0 Å². The van der Waals surface area contributed by atoms with Crippen molar-refractivity contribution in [3.8, 4) is 0 Å². The van der Waals surface area contributed by atoms with Crippen molar-refractivity contribution in [2.45, 2.75) is 6.04 Å². The molecule has 3 aromatic rings. The molecule has 0 saturated carbocycles. The number of anilines is 1. The highest BCUT2D eigenvalue weighted by molar-refractivity contribution is 9.10. The fraction of sp³-hybridized carbons (Fsp3) is 0.100. The first-order chi connectivity index (χ1) is 13.9. The summed E-state index contributed by atoms with van der Waals surface area (Å²) in [6, 6.07) is 14.3. The molecular formula is C20H14BrN3O4S. The first kappa shape index (κ1) is 19.3. The zero-order chi connectivity index (χ0) is 20.5. The fourth-order valence-electron chi connectivity index (χ4n) is 3.31. The summed E-state index contributed by atoms with van der Waals surface area (Å²) in [5.41, 5.74) is 1.63. The molecule has 2 aromatic carbocycles. The number of non-ortho nitro benzene ring substituents is 1. The molecule has 1 aliphatic rings. The van der Waals surface area contributed by atoms with Crippen LogP contribution in [0, 0.1) is 10.1 Å². The van der Waals surface area contributed by atoms with Crippen molar-refractivity contribution in [2.24, 2.45) is 0 Å². The Morgan fingerprint density at radius 1 is 1.21 bits per heavy atom. The summed E-state index contributed by atoms with van der Waals surface area (Å²) in [5.74, 6) is -0.677. The van der Waals surface area contributed by atoms with E-state index in [9.17, 15) is 19.7 Å². The quantitative estimate of drug-likeness (QED) is 0.446. The lowest BCUT2D eigenvalue weighted by molar-refractivity contribution is -0.384. The van der Waals surface area contributed by atoms with Crippen molar-refractivity contribution in [1.82, 2.24) is 4.90 Å². The summed E-state index contributed by atoms with van der Waals surface area (Å²) in [4.78, 5) is 38.7. The molecule has 1 N–H and O–H groups in total. The second-order valence-corrected chi connectivity index (χ2v) is 8.33. The van der Waals surface area contributed by atoms with E-state index < -0.39 is 11.0 Å². The molecule has 0 aliphatic carbocycles. The highest BCUT2D eigenvalue weighted by Gasteiger charge is 2.34. The summed E-state index contributed by atoms with van der Waals surface area (Å²) >= 11 is 4.96. The maximum Gasteiger partial charge on any atom is 0.269 e. The van der Waals surface area contributed by atoms with E-state index in [0.29, 0.717) is 5.69 Å². The number of nitro groups is 1. The van der Waals surface area contributed by atoms with Gasteiger partial charge in [0.25, 0.3) is 11.6 Å². The number of nitrogens with zero attached hydrogens (tertiary/aromatic N) is 2. The Hall–Kier alpha value is -3.04. The van der Waals surface area contributed by atoms with Crippen molar-refractivity contribution in [2.75, 3.05) is 11.9 Å². The molecule has 29 heavy (non-hydrogen) atoms. The second kappa shape index (κ2) is 7.76. The van der Waals surface area contributed by atoms with Crippen LogP contribution in [0.5, 0.6) is 0 Å². The number of benzene rings is 2. The van der Waals surface area contributed by atoms with Crippen LogP contribution < -0.4 is 5.32 Å². The molecule has 1 atom stereocenters.